The van der Waals surface area contributed by atoms with E-state index >= 15 is 0 Å². The van der Waals surface area contributed by atoms with E-state index in [9.17, 15) is 17.6 Å². The van der Waals surface area contributed by atoms with E-state index < -0.39 is 17.6 Å². The fourth-order valence-electron chi connectivity index (χ4n) is 1.57. The van der Waals surface area contributed by atoms with Crippen molar-refractivity contribution < 1.29 is 17.6 Å². The van der Waals surface area contributed by atoms with E-state index in [1.807, 2.05) is 13.8 Å². The zero-order chi connectivity index (χ0) is 13.9. The first-order chi connectivity index (χ1) is 8.39. The number of nitrogens with zero attached hydrogens (tertiary/aromatic N) is 1. The van der Waals surface area contributed by atoms with E-state index in [1.165, 1.54) is 6.20 Å². The predicted molar refractivity (Wildman–Crippen MR) is 62.8 cm³/mol. The SMILES string of the molecule is CC.Cc1ccnc2c(C(F)(F)F)cc(F)cc12. The van der Waals surface area contributed by atoms with E-state index in [1.54, 1.807) is 13.0 Å². The number of fused-ring (bicyclic) bond motifs is 1. The quantitative estimate of drug-likeness (QED) is 0.623. The van der Waals surface area contributed by atoms with Gasteiger partial charge in [0.05, 0.1) is 11.1 Å². The maximum Gasteiger partial charge on any atom is 0.418 e. The van der Waals surface area contributed by atoms with Gasteiger partial charge in [0.1, 0.15) is 5.82 Å². The van der Waals surface area contributed by atoms with Crippen molar-refractivity contribution in [2.45, 2.75) is 26.9 Å². The molecule has 0 aliphatic rings. The summed E-state index contributed by atoms with van der Waals surface area (Å²) in [5.41, 5.74) is -0.685. The molecule has 1 nitrogen and oxygen atoms in total. The standard InChI is InChI=1S/C11H7F4N.C2H6/c1-6-2-3-16-10-8(6)4-7(12)5-9(10)11(13,14)15;1-2/h2-5H,1H3;1-2H3. The number of hydrogen-bond acceptors (Lipinski definition) is 1. The average molecular weight is 259 g/mol. The van der Waals surface area contributed by atoms with Crippen LogP contribution in [0.2, 0.25) is 0 Å². The molecule has 0 bridgehead atoms. The molecule has 1 aromatic carbocycles. The molecule has 0 fully saturated rings. The third kappa shape index (κ3) is 2.78. The Balaban J connectivity index is 0.000000771. The molecule has 0 radical (unpaired) electrons. The number of rotatable bonds is 0. The first-order valence-corrected chi connectivity index (χ1v) is 5.51. The molecule has 0 amide bonds. The Hall–Kier alpha value is -1.65. The molecular weight excluding hydrogens is 246 g/mol. The third-order valence-electron chi connectivity index (χ3n) is 2.33. The Morgan fingerprint density at radius 1 is 1.11 bits per heavy atom. The van der Waals surface area contributed by atoms with Crippen molar-refractivity contribution in [1.82, 2.24) is 4.98 Å². The lowest BCUT2D eigenvalue weighted by Gasteiger charge is -2.10. The molecule has 0 unspecified atom stereocenters. The summed E-state index contributed by atoms with van der Waals surface area (Å²) in [6.07, 6.45) is -3.31. The molecule has 0 spiro atoms. The second-order valence-corrected chi connectivity index (χ2v) is 3.48. The Labute approximate surface area is 102 Å². The minimum absolute atomic E-state index is 0.190. The van der Waals surface area contributed by atoms with E-state index in [-0.39, 0.29) is 10.9 Å². The summed E-state index contributed by atoms with van der Waals surface area (Å²) in [7, 11) is 0. The van der Waals surface area contributed by atoms with Gasteiger partial charge in [0, 0.05) is 11.6 Å². The summed E-state index contributed by atoms with van der Waals surface area (Å²) in [6.45, 7) is 5.61. The molecule has 1 aromatic heterocycles. The normalized spacial score (nSPS) is 11.1. The number of halogens is 4. The fraction of sp³-hybridized carbons (Fsp3) is 0.308. The first kappa shape index (κ1) is 14.4. The van der Waals surface area contributed by atoms with Gasteiger partial charge in [0.2, 0.25) is 0 Å². The average Bonchev–Trinajstić information content (AvgIpc) is 2.31. The molecule has 5 heteroatoms. The molecular formula is C13H13F4N. The largest absolute Gasteiger partial charge is 0.418 e. The number of aryl methyl sites for hydroxylation is 1. The van der Waals surface area contributed by atoms with Crippen LogP contribution in [0, 0.1) is 12.7 Å². The highest BCUT2D eigenvalue weighted by molar-refractivity contribution is 5.85. The van der Waals surface area contributed by atoms with Crippen molar-refractivity contribution >= 4 is 10.9 Å². The van der Waals surface area contributed by atoms with Gasteiger partial charge in [-0.1, -0.05) is 13.8 Å². The highest BCUT2D eigenvalue weighted by atomic mass is 19.4. The molecule has 98 valence electrons. The zero-order valence-corrected chi connectivity index (χ0v) is 10.3. The van der Waals surface area contributed by atoms with Gasteiger partial charge in [-0.2, -0.15) is 13.2 Å². The lowest BCUT2D eigenvalue weighted by molar-refractivity contribution is -0.136. The molecule has 0 aliphatic carbocycles. The second kappa shape index (κ2) is 5.33. The highest BCUT2D eigenvalue weighted by Crippen LogP contribution is 2.35. The van der Waals surface area contributed by atoms with E-state index in [4.69, 9.17) is 0 Å². The molecule has 2 rings (SSSR count). The summed E-state index contributed by atoms with van der Waals surface area (Å²) >= 11 is 0. The maximum absolute atomic E-state index is 13.1. The maximum atomic E-state index is 13.1. The number of pyridine rings is 1. The van der Waals surface area contributed by atoms with Crippen LogP contribution in [0.25, 0.3) is 10.9 Å². The molecule has 18 heavy (non-hydrogen) atoms. The van der Waals surface area contributed by atoms with Crippen LogP contribution in [0.15, 0.2) is 24.4 Å². The number of benzene rings is 1. The summed E-state index contributed by atoms with van der Waals surface area (Å²) in [6, 6.07) is 3.07. The zero-order valence-electron chi connectivity index (χ0n) is 10.3. The van der Waals surface area contributed by atoms with Crippen molar-refractivity contribution in [2.24, 2.45) is 0 Å². The molecule has 2 aromatic rings. The van der Waals surface area contributed by atoms with Gasteiger partial charge in [-0.05, 0) is 30.7 Å². The van der Waals surface area contributed by atoms with Crippen molar-refractivity contribution in [1.29, 1.82) is 0 Å². The summed E-state index contributed by atoms with van der Waals surface area (Å²) in [5.74, 6) is -0.907. The Morgan fingerprint density at radius 3 is 2.28 bits per heavy atom. The summed E-state index contributed by atoms with van der Waals surface area (Å²) < 4.78 is 50.9. The smallest absolute Gasteiger partial charge is 0.256 e. The van der Waals surface area contributed by atoms with Crippen LogP contribution >= 0.6 is 0 Å². The van der Waals surface area contributed by atoms with E-state index in [2.05, 4.69) is 4.98 Å². The van der Waals surface area contributed by atoms with Gasteiger partial charge in [-0.15, -0.1) is 0 Å². The van der Waals surface area contributed by atoms with Gasteiger partial charge in [0.25, 0.3) is 0 Å². The predicted octanol–water partition coefficient (Wildman–Crippen LogP) is 4.73. The van der Waals surface area contributed by atoms with Crippen LogP contribution in [-0.4, -0.2) is 4.98 Å². The van der Waals surface area contributed by atoms with E-state index in [0.717, 1.165) is 6.07 Å². The molecule has 0 saturated heterocycles. The van der Waals surface area contributed by atoms with Crippen LogP contribution in [0.5, 0.6) is 0 Å². The molecule has 0 atom stereocenters. The second-order valence-electron chi connectivity index (χ2n) is 3.48. The van der Waals surface area contributed by atoms with Gasteiger partial charge in [-0.3, -0.25) is 4.98 Å². The van der Waals surface area contributed by atoms with Crippen LogP contribution in [0.1, 0.15) is 25.0 Å². The van der Waals surface area contributed by atoms with Gasteiger partial charge >= 0.3 is 6.18 Å². The monoisotopic (exact) mass is 259 g/mol. The Morgan fingerprint density at radius 2 is 1.72 bits per heavy atom. The van der Waals surface area contributed by atoms with Crippen molar-refractivity contribution in [3.63, 3.8) is 0 Å². The van der Waals surface area contributed by atoms with Gasteiger partial charge in [-0.25, -0.2) is 4.39 Å². The van der Waals surface area contributed by atoms with Crippen LogP contribution in [-0.2, 0) is 6.18 Å². The molecule has 1 heterocycles. The van der Waals surface area contributed by atoms with Crippen LogP contribution in [0.4, 0.5) is 17.6 Å². The molecule has 0 aliphatic heterocycles. The topological polar surface area (TPSA) is 12.9 Å². The number of alkyl halides is 3. The highest BCUT2D eigenvalue weighted by Gasteiger charge is 2.34. The summed E-state index contributed by atoms with van der Waals surface area (Å²) in [5, 5.41) is 0.190. The van der Waals surface area contributed by atoms with Gasteiger partial charge in [0.15, 0.2) is 0 Å². The van der Waals surface area contributed by atoms with Gasteiger partial charge < -0.3 is 0 Å². The third-order valence-corrected chi connectivity index (χ3v) is 2.33. The lowest BCUT2D eigenvalue weighted by Crippen LogP contribution is -2.07. The van der Waals surface area contributed by atoms with Crippen molar-refractivity contribution in [3.05, 3.63) is 41.3 Å². The Bertz CT molecular complexity index is 546. The van der Waals surface area contributed by atoms with Crippen molar-refractivity contribution in [3.8, 4) is 0 Å². The van der Waals surface area contributed by atoms with E-state index in [0.29, 0.717) is 11.6 Å². The lowest BCUT2D eigenvalue weighted by atomic mass is 10.1. The molecule has 0 saturated carbocycles. The summed E-state index contributed by atoms with van der Waals surface area (Å²) in [4.78, 5) is 3.66. The Kier molecular flexibility index (Phi) is 4.27. The van der Waals surface area contributed by atoms with Crippen LogP contribution in [0.3, 0.4) is 0 Å². The number of aromatic nitrogens is 1. The fourth-order valence-corrected chi connectivity index (χ4v) is 1.57. The minimum Gasteiger partial charge on any atom is -0.256 e. The van der Waals surface area contributed by atoms with Crippen LogP contribution < -0.4 is 0 Å². The minimum atomic E-state index is -4.60. The van der Waals surface area contributed by atoms with Crippen molar-refractivity contribution in [2.75, 3.05) is 0 Å². The first-order valence-electron chi connectivity index (χ1n) is 5.51. The molecule has 0 N–H and O–H groups in total. The number of hydrogen-bond donors (Lipinski definition) is 0.